The lowest BCUT2D eigenvalue weighted by Gasteiger charge is -2.37. The molecule has 0 spiro atoms. The van der Waals surface area contributed by atoms with Gasteiger partial charge < -0.3 is 9.64 Å². The number of ether oxygens (including phenoxy) is 1. The second-order valence-corrected chi connectivity index (χ2v) is 9.06. The van der Waals surface area contributed by atoms with Gasteiger partial charge in [0.25, 0.3) is 0 Å². The van der Waals surface area contributed by atoms with Crippen LogP contribution < -0.4 is 4.90 Å². The van der Waals surface area contributed by atoms with Crippen LogP contribution in [0.1, 0.15) is 52.8 Å². The zero-order chi connectivity index (χ0) is 17.8. The molecule has 0 radical (unpaired) electrons. The minimum atomic E-state index is 0.378. The lowest BCUT2D eigenvalue weighted by atomic mass is 9.93. The van der Waals surface area contributed by atoms with E-state index in [1.807, 2.05) is 0 Å². The molecular weight excluding hydrogens is 332 g/mol. The Bertz CT molecular complexity index is 517. The predicted octanol–water partition coefficient (Wildman–Crippen LogP) is 3.45. The molecule has 2 aliphatic heterocycles. The van der Waals surface area contributed by atoms with Crippen molar-refractivity contribution in [1.82, 2.24) is 14.3 Å². The third kappa shape index (κ3) is 5.63. The van der Waals surface area contributed by atoms with Gasteiger partial charge in [-0.2, -0.15) is 4.37 Å². The zero-order valence-electron chi connectivity index (χ0n) is 16.3. The summed E-state index contributed by atoms with van der Waals surface area (Å²) in [6, 6.07) is 0. The largest absolute Gasteiger partial charge is 0.373 e. The fourth-order valence-corrected chi connectivity index (χ4v) is 4.81. The molecule has 0 aliphatic carbocycles. The summed E-state index contributed by atoms with van der Waals surface area (Å²) in [7, 11) is 0. The van der Waals surface area contributed by atoms with Crippen molar-refractivity contribution < 1.29 is 4.74 Å². The van der Waals surface area contributed by atoms with E-state index in [1.165, 1.54) is 25.8 Å². The van der Waals surface area contributed by atoms with Gasteiger partial charge in [0.1, 0.15) is 5.82 Å². The first kappa shape index (κ1) is 19.1. The molecule has 25 heavy (non-hydrogen) atoms. The third-order valence-corrected chi connectivity index (χ3v) is 6.10. The van der Waals surface area contributed by atoms with Crippen LogP contribution in [-0.2, 0) is 11.2 Å². The van der Waals surface area contributed by atoms with E-state index in [9.17, 15) is 0 Å². The molecule has 1 aromatic heterocycles. The molecule has 2 unspecified atom stereocenters. The normalized spacial score (nSPS) is 26.5. The average molecular weight is 367 g/mol. The molecule has 0 N–H and O–H groups in total. The van der Waals surface area contributed by atoms with Crippen molar-refractivity contribution in [2.45, 2.75) is 65.6 Å². The van der Waals surface area contributed by atoms with Crippen molar-refractivity contribution in [2.75, 3.05) is 37.6 Å². The molecular formula is C19H34N4OS. The molecule has 3 heterocycles. The van der Waals surface area contributed by atoms with E-state index >= 15 is 0 Å². The minimum Gasteiger partial charge on any atom is -0.373 e. The lowest BCUT2D eigenvalue weighted by molar-refractivity contribution is -0.0690. The van der Waals surface area contributed by atoms with Crippen molar-refractivity contribution in [3.05, 3.63) is 5.82 Å². The Hall–Kier alpha value is -0.720. The monoisotopic (exact) mass is 366 g/mol. The highest BCUT2D eigenvalue weighted by molar-refractivity contribution is 7.09. The highest BCUT2D eigenvalue weighted by Gasteiger charge is 2.25. The smallest absolute Gasteiger partial charge is 0.205 e. The van der Waals surface area contributed by atoms with Crippen LogP contribution >= 0.6 is 11.5 Å². The maximum atomic E-state index is 5.84. The molecule has 3 rings (SSSR count). The third-order valence-electron chi connectivity index (χ3n) is 5.28. The number of anilines is 1. The summed E-state index contributed by atoms with van der Waals surface area (Å²) in [6.45, 7) is 14.5. The van der Waals surface area contributed by atoms with Crippen molar-refractivity contribution in [3.63, 3.8) is 0 Å². The van der Waals surface area contributed by atoms with Gasteiger partial charge in [-0.25, -0.2) is 4.98 Å². The molecule has 6 heteroatoms. The number of rotatable bonds is 6. The Labute approximate surface area is 156 Å². The van der Waals surface area contributed by atoms with Crippen LogP contribution in [0.5, 0.6) is 0 Å². The first-order chi connectivity index (χ1) is 12.0. The molecule has 0 bridgehead atoms. The SMILES string of the molecule is CC(C)Cc1nsc(N2CCC(CCN3CC(C)OC(C)C3)CC2)n1. The molecule has 2 saturated heterocycles. The molecule has 0 saturated carbocycles. The summed E-state index contributed by atoms with van der Waals surface area (Å²) in [4.78, 5) is 9.78. The average Bonchev–Trinajstić information content (AvgIpc) is 3.00. The summed E-state index contributed by atoms with van der Waals surface area (Å²) < 4.78 is 10.4. The van der Waals surface area contributed by atoms with Gasteiger partial charge >= 0.3 is 0 Å². The first-order valence-corrected chi connectivity index (χ1v) is 10.7. The first-order valence-electron chi connectivity index (χ1n) is 9.95. The van der Waals surface area contributed by atoms with E-state index in [0.29, 0.717) is 18.1 Å². The molecule has 0 amide bonds. The summed E-state index contributed by atoms with van der Waals surface area (Å²) >= 11 is 1.58. The molecule has 5 nitrogen and oxygen atoms in total. The van der Waals surface area contributed by atoms with E-state index in [0.717, 1.165) is 49.5 Å². The van der Waals surface area contributed by atoms with Crippen LogP contribution in [0.25, 0.3) is 0 Å². The molecule has 142 valence electrons. The fourth-order valence-electron chi connectivity index (χ4n) is 4.07. The van der Waals surface area contributed by atoms with Gasteiger partial charge in [-0.05, 0) is 51.5 Å². The van der Waals surface area contributed by atoms with E-state index < -0.39 is 0 Å². The van der Waals surface area contributed by atoms with E-state index in [1.54, 1.807) is 11.5 Å². The number of aromatic nitrogens is 2. The van der Waals surface area contributed by atoms with E-state index in [4.69, 9.17) is 9.72 Å². The molecule has 2 fully saturated rings. The van der Waals surface area contributed by atoms with Crippen LogP contribution in [0.15, 0.2) is 0 Å². The van der Waals surface area contributed by atoms with Gasteiger partial charge in [0, 0.05) is 44.1 Å². The Morgan fingerprint density at radius 1 is 1.16 bits per heavy atom. The van der Waals surface area contributed by atoms with Gasteiger partial charge in [-0.3, -0.25) is 4.90 Å². The summed E-state index contributed by atoms with van der Waals surface area (Å²) in [5.41, 5.74) is 0. The predicted molar refractivity (Wildman–Crippen MR) is 104 cm³/mol. The lowest BCUT2D eigenvalue weighted by Crippen LogP contribution is -2.46. The van der Waals surface area contributed by atoms with Gasteiger partial charge in [0.05, 0.1) is 12.2 Å². The second kappa shape index (κ2) is 8.78. The number of hydrogen-bond acceptors (Lipinski definition) is 6. The zero-order valence-corrected chi connectivity index (χ0v) is 17.1. The topological polar surface area (TPSA) is 41.5 Å². The summed E-state index contributed by atoms with van der Waals surface area (Å²) in [6.07, 6.45) is 5.64. The maximum Gasteiger partial charge on any atom is 0.205 e. The Balaban J connectivity index is 1.40. The van der Waals surface area contributed by atoms with E-state index in [2.05, 4.69) is 41.9 Å². The second-order valence-electron chi connectivity index (χ2n) is 8.33. The quantitative estimate of drug-likeness (QED) is 0.771. The van der Waals surface area contributed by atoms with Crippen molar-refractivity contribution in [2.24, 2.45) is 11.8 Å². The Morgan fingerprint density at radius 2 is 1.84 bits per heavy atom. The van der Waals surface area contributed by atoms with Crippen LogP contribution in [-0.4, -0.2) is 59.2 Å². The Kier molecular flexibility index (Phi) is 6.69. The molecule has 2 aliphatic rings. The number of nitrogens with zero attached hydrogens (tertiary/aromatic N) is 4. The minimum absolute atomic E-state index is 0.378. The standard InChI is InChI=1S/C19H34N4OS/c1-14(2)11-18-20-19(25-21-18)23-9-6-17(7-10-23)5-8-22-12-15(3)24-16(4)13-22/h14-17H,5-13H2,1-4H3. The highest BCUT2D eigenvalue weighted by Crippen LogP contribution is 2.27. The maximum absolute atomic E-state index is 5.84. The van der Waals surface area contributed by atoms with Crippen LogP contribution in [0.2, 0.25) is 0 Å². The molecule has 0 aromatic carbocycles. The summed E-state index contributed by atoms with van der Waals surface area (Å²) in [5, 5.41) is 1.13. The van der Waals surface area contributed by atoms with Gasteiger partial charge in [0.15, 0.2) is 0 Å². The van der Waals surface area contributed by atoms with Gasteiger partial charge in [-0.15, -0.1) is 0 Å². The van der Waals surface area contributed by atoms with Crippen LogP contribution in [0, 0.1) is 11.8 Å². The van der Waals surface area contributed by atoms with Crippen LogP contribution in [0.4, 0.5) is 5.13 Å². The van der Waals surface area contributed by atoms with Crippen molar-refractivity contribution in [3.8, 4) is 0 Å². The van der Waals surface area contributed by atoms with Gasteiger partial charge in [-0.1, -0.05) is 13.8 Å². The fraction of sp³-hybridized carbons (Fsp3) is 0.895. The number of piperidine rings is 1. The Morgan fingerprint density at radius 3 is 2.48 bits per heavy atom. The van der Waals surface area contributed by atoms with Crippen molar-refractivity contribution >= 4 is 16.7 Å². The van der Waals surface area contributed by atoms with Crippen LogP contribution in [0.3, 0.4) is 0 Å². The van der Waals surface area contributed by atoms with E-state index in [-0.39, 0.29) is 0 Å². The summed E-state index contributed by atoms with van der Waals surface area (Å²) in [5.74, 6) is 2.50. The number of morpholine rings is 1. The highest BCUT2D eigenvalue weighted by atomic mass is 32.1. The molecule has 2 atom stereocenters. The van der Waals surface area contributed by atoms with Crippen molar-refractivity contribution in [1.29, 1.82) is 0 Å². The van der Waals surface area contributed by atoms with Gasteiger partial charge in [0.2, 0.25) is 5.13 Å². The molecule has 1 aromatic rings. The number of hydrogen-bond donors (Lipinski definition) is 0.